The number of hydrogen-bond donors (Lipinski definition) is 1. The van der Waals surface area contributed by atoms with Gasteiger partial charge in [-0.25, -0.2) is 4.79 Å². The zero-order valence-electron chi connectivity index (χ0n) is 19.3. The molecule has 0 saturated carbocycles. The van der Waals surface area contributed by atoms with Gasteiger partial charge in [-0.05, 0) is 19.9 Å². The van der Waals surface area contributed by atoms with E-state index in [0.29, 0.717) is 46.8 Å². The van der Waals surface area contributed by atoms with Gasteiger partial charge in [0.15, 0.2) is 11.5 Å². The summed E-state index contributed by atoms with van der Waals surface area (Å²) in [6.07, 6.45) is 2.02. The molecule has 2 aliphatic heterocycles. The summed E-state index contributed by atoms with van der Waals surface area (Å²) in [5.41, 5.74) is 2.15. The summed E-state index contributed by atoms with van der Waals surface area (Å²) in [6, 6.07) is 15.2. The Morgan fingerprint density at radius 1 is 1.18 bits per heavy atom. The molecule has 0 amide bonds. The summed E-state index contributed by atoms with van der Waals surface area (Å²) < 4.78 is 17.0. The number of fused-ring (bicyclic) bond motifs is 1. The number of carbonyl (C=O) groups excluding carboxylic acids is 1. The van der Waals surface area contributed by atoms with E-state index >= 15 is 0 Å². The summed E-state index contributed by atoms with van der Waals surface area (Å²) in [6.45, 7) is 4.25. The standard InChI is InChI=1S/C25H26N2O6S/c1-4-31-25(28)21-20(18-11-8-12-19-23(18)33-14-13-32-19)22(27(29)30)16(2)26-24(21)34(3)15-17-9-6-5-7-10-17/h5-12,20H,4,13-15H2,1-3H3/p+1. The van der Waals surface area contributed by atoms with Crippen LogP contribution in [-0.4, -0.2) is 37.0 Å². The Bertz CT molecular complexity index is 1160. The van der Waals surface area contributed by atoms with Crippen LogP contribution in [0, 0.1) is 10.1 Å². The monoisotopic (exact) mass is 483 g/mol. The fourth-order valence-electron chi connectivity index (χ4n) is 4.25. The van der Waals surface area contributed by atoms with Crippen molar-refractivity contribution in [1.29, 1.82) is 0 Å². The van der Waals surface area contributed by atoms with Crippen molar-refractivity contribution in [3.05, 3.63) is 91.8 Å². The Hall–Kier alpha value is -3.46. The minimum absolute atomic E-state index is 0.105. The normalized spacial score (nSPS) is 18.3. The minimum atomic E-state index is -0.965. The molecule has 2 aliphatic rings. The second-order valence-electron chi connectivity index (χ2n) is 7.93. The van der Waals surface area contributed by atoms with E-state index < -0.39 is 27.7 Å². The molecule has 0 aromatic heterocycles. The van der Waals surface area contributed by atoms with Gasteiger partial charge >= 0.3 is 5.97 Å². The van der Waals surface area contributed by atoms with Crippen LogP contribution in [0.4, 0.5) is 0 Å². The number of carbonyl (C=O) groups is 1. The molecule has 2 heterocycles. The van der Waals surface area contributed by atoms with Crippen LogP contribution in [-0.2, 0) is 26.2 Å². The number of ether oxygens (including phenoxy) is 3. The lowest BCUT2D eigenvalue weighted by Crippen LogP contribution is -2.36. The number of para-hydroxylation sites is 1. The van der Waals surface area contributed by atoms with E-state index in [1.165, 1.54) is 0 Å². The van der Waals surface area contributed by atoms with Crippen molar-refractivity contribution >= 4 is 16.9 Å². The maximum absolute atomic E-state index is 13.4. The first-order valence-corrected chi connectivity index (χ1v) is 12.8. The van der Waals surface area contributed by atoms with Crippen molar-refractivity contribution in [2.75, 3.05) is 26.1 Å². The van der Waals surface area contributed by atoms with E-state index in [-0.39, 0.29) is 17.9 Å². The van der Waals surface area contributed by atoms with Crippen molar-refractivity contribution in [2.45, 2.75) is 25.5 Å². The van der Waals surface area contributed by atoms with Gasteiger partial charge in [-0.2, -0.15) is 0 Å². The Morgan fingerprint density at radius 2 is 1.91 bits per heavy atom. The van der Waals surface area contributed by atoms with E-state index in [9.17, 15) is 14.9 Å². The summed E-state index contributed by atoms with van der Waals surface area (Å²) in [7, 11) is -0.468. The Balaban J connectivity index is 1.90. The van der Waals surface area contributed by atoms with Gasteiger partial charge in [-0.15, -0.1) is 0 Å². The molecule has 0 spiro atoms. The highest BCUT2D eigenvalue weighted by atomic mass is 32.2. The number of esters is 1. The highest BCUT2D eigenvalue weighted by Gasteiger charge is 2.48. The summed E-state index contributed by atoms with van der Waals surface area (Å²) >= 11 is 0. The Kier molecular flexibility index (Phi) is 7.12. The number of benzene rings is 2. The molecule has 0 bridgehead atoms. The topological polar surface area (TPSA) is 99.9 Å². The zero-order chi connectivity index (χ0) is 24.2. The van der Waals surface area contributed by atoms with Crippen LogP contribution in [0.1, 0.15) is 30.9 Å². The van der Waals surface area contributed by atoms with Gasteiger partial charge in [0.25, 0.3) is 5.70 Å². The maximum Gasteiger partial charge on any atom is 0.342 e. The average molecular weight is 484 g/mol. The first-order valence-electron chi connectivity index (χ1n) is 11.0. The van der Waals surface area contributed by atoms with Crippen molar-refractivity contribution in [3.63, 3.8) is 0 Å². The van der Waals surface area contributed by atoms with E-state index in [4.69, 9.17) is 14.2 Å². The highest BCUT2D eigenvalue weighted by molar-refractivity contribution is 7.99. The van der Waals surface area contributed by atoms with Gasteiger partial charge in [0.1, 0.15) is 36.7 Å². The molecule has 34 heavy (non-hydrogen) atoms. The first kappa shape index (κ1) is 23.7. The molecule has 8 nitrogen and oxygen atoms in total. The number of rotatable bonds is 7. The number of dihydropyridines is 1. The van der Waals surface area contributed by atoms with E-state index in [2.05, 4.69) is 5.32 Å². The molecular weight excluding hydrogens is 456 g/mol. The Labute approximate surface area is 201 Å². The number of nitrogens with zero attached hydrogens (tertiary/aromatic N) is 1. The average Bonchev–Trinajstić information content (AvgIpc) is 2.83. The number of nitrogens with one attached hydrogen (secondary N) is 1. The summed E-state index contributed by atoms with van der Waals surface area (Å²) in [5.74, 6) is 0.0586. The molecule has 0 saturated heterocycles. The molecule has 2 unspecified atom stereocenters. The minimum Gasteiger partial charge on any atom is -0.486 e. The van der Waals surface area contributed by atoms with E-state index in [1.807, 2.05) is 36.6 Å². The van der Waals surface area contributed by atoms with Crippen molar-refractivity contribution in [2.24, 2.45) is 0 Å². The largest absolute Gasteiger partial charge is 0.486 e. The van der Waals surface area contributed by atoms with Gasteiger partial charge in [-0.3, -0.25) is 10.1 Å². The molecule has 2 atom stereocenters. The molecule has 178 valence electrons. The maximum atomic E-state index is 13.4. The van der Waals surface area contributed by atoms with Crippen LogP contribution in [0.25, 0.3) is 0 Å². The zero-order valence-corrected chi connectivity index (χ0v) is 20.1. The van der Waals surface area contributed by atoms with E-state index in [1.54, 1.807) is 32.0 Å². The van der Waals surface area contributed by atoms with Crippen molar-refractivity contribution < 1.29 is 23.9 Å². The van der Waals surface area contributed by atoms with Gasteiger partial charge in [0.2, 0.25) is 5.03 Å². The van der Waals surface area contributed by atoms with Crippen molar-refractivity contribution in [3.8, 4) is 11.5 Å². The lowest BCUT2D eigenvalue weighted by Gasteiger charge is -2.28. The molecular formula is C25H27N2O6S+. The quantitative estimate of drug-likeness (QED) is 0.276. The van der Waals surface area contributed by atoms with Crippen LogP contribution in [0.15, 0.2) is 70.5 Å². The van der Waals surface area contributed by atoms with E-state index in [0.717, 1.165) is 5.56 Å². The molecule has 0 aliphatic carbocycles. The van der Waals surface area contributed by atoms with Crippen molar-refractivity contribution in [1.82, 2.24) is 5.32 Å². The fourth-order valence-corrected chi connectivity index (χ4v) is 5.99. The van der Waals surface area contributed by atoms with Gasteiger partial charge in [0.05, 0.1) is 17.2 Å². The van der Waals surface area contributed by atoms with Gasteiger partial charge < -0.3 is 19.5 Å². The van der Waals surface area contributed by atoms with Crippen LogP contribution >= 0.6 is 0 Å². The summed E-state index contributed by atoms with van der Waals surface area (Å²) in [5, 5.41) is 16.1. The SMILES string of the molecule is CCOC(=O)C1=C([S+](C)Cc2ccccc2)NC(C)=C([N+](=O)[O-])C1c1cccc2c1OCCO2. The second-order valence-corrected chi connectivity index (χ2v) is 9.90. The predicted octanol–water partition coefficient (Wildman–Crippen LogP) is 3.88. The molecule has 2 aromatic rings. The third kappa shape index (κ3) is 4.61. The summed E-state index contributed by atoms with van der Waals surface area (Å²) in [4.78, 5) is 25.2. The number of allylic oxidation sites excluding steroid dienone is 2. The second kappa shape index (κ2) is 10.2. The number of hydrogen-bond acceptors (Lipinski definition) is 7. The van der Waals surface area contributed by atoms with Gasteiger partial charge in [0, 0.05) is 22.0 Å². The van der Waals surface area contributed by atoms with Gasteiger partial charge in [-0.1, -0.05) is 42.5 Å². The third-order valence-electron chi connectivity index (χ3n) is 5.67. The molecule has 2 aromatic carbocycles. The lowest BCUT2D eigenvalue weighted by atomic mass is 9.85. The Morgan fingerprint density at radius 3 is 2.62 bits per heavy atom. The number of nitro groups is 1. The molecule has 9 heteroatoms. The smallest absolute Gasteiger partial charge is 0.342 e. The van der Waals surface area contributed by atoms with Crippen LogP contribution < -0.4 is 14.8 Å². The van der Waals surface area contributed by atoms with Crippen LogP contribution in [0.5, 0.6) is 11.5 Å². The highest BCUT2D eigenvalue weighted by Crippen LogP contribution is 2.47. The third-order valence-corrected chi connectivity index (χ3v) is 7.45. The fraction of sp³-hybridized carbons (Fsp3) is 0.320. The van der Waals surface area contributed by atoms with Crippen LogP contribution in [0.2, 0.25) is 0 Å². The molecule has 0 fully saturated rings. The first-order chi connectivity index (χ1) is 16.4. The lowest BCUT2D eigenvalue weighted by molar-refractivity contribution is -0.431. The van der Waals surface area contributed by atoms with Crippen LogP contribution in [0.3, 0.4) is 0 Å². The molecule has 0 radical (unpaired) electrons. The molecule has 4 rings (SSSR count). The predicted molar refractivity (Wildman–Crippen MR) is 130 cm³/mol. The molecule has 1 N–H and O–H groups in total.